The summed E-state index contributed by atoms with van der Waals surface area (Å²) in [5.74, 6) is -0.571. The Morgan fingerprint density at radius 3 is 2.12 bits per heavy atom. The van der Waals surface area contributed by atoms with E-state index in [2.05, 4.69) is 9.84 Å². The molecule has 3 rings (SSSR count). The molecule has 0 atom stereocenters. The third kappa shape index (κ3) is 3.33. The summed E-state index contributed by atoms with van der Waals surface area (Å²) in [6, 6.07) is 14.9. The predicted molar refractivity (Wildman–Crippen MR) is 86.3 cm³/mol. The first-order valence-electron chi connectivity index (χ1n) is 7.18. The Kier molecular flexibility index (Phi) is 4.38. The zero-order valence-electron chi connectivity index (χ0n) is 12.9. The van der Waals surface area contributed by atoms with Gasteiger partial charge in [0.15, 0.2) is 0 Å². The monoisotopic (exact) mass is 322 g/mol. The molecule has 24 heavy (non-hydrogen) atoms. The van der Waals surface area contributed by atoms with Gasteiger partial charge in [0.25, 0.3) is 0 Å². The molecule has 0 spiro atoms. The summed E-state index contributed by atoms with van der Waals surface area (Å²) in [7, 11) is 1.31. The van der Waals surface area contributed by atoms with Gasteiger partial charge in [-0.3, -0.25) is 0 Å². The van der Waals surface area contributed by atoms with Crippen LogP contribution in [-0.2, 0) is 4.74 Å². The minimum atomic E-state index is -0.479. The van der Waals surface area contributed by atoms with Crippen LogP contribution in [0.1, 0.15) is 20.7 Å². The molecule has 0 saturated heterocycles. The number of ether oxygens (including phenoxy) is 2. The van der Waals surface area contributed by atoms with Crippen LogP contribution in [0, 0.1) is 0 Å². The number of nitrogens with zero attached hydrogens (tertiary/aromatic N) is 2. The van der Waals surface area contributed by atoms with Crippen LogP contribution in [0.2, 0.25) is 0 Å². The first-order chi connectivity index (χ1) is 11.7. The van der Waals surface area contributed by atoms with E-state index in [1.54, 1.807) is 47.3 Å². The average Bonchev–Trinajstić information content (AvgIpc) is 3.16. The van der Waals surface area contributed by atoms with Gasteiger partial charge in [-0.05, 0) is 54.6 Å². The highest BCUT2D eigenvalue weighted by Crippen LogP contribution is 2.16. The van der Waals surface area contributed by atoms with Crippen molar-refractivity contribution < 1.29 is 19.1 Å². The van der Waals surface area contributed by atoms with Gasteiger partial charge < -0.3 is 9.47 Å². The number of carbonyl (C=O) groups is 2. The minimum Gasteiger partial charge on any atom is -0.465 e. The van der Waals surface area contributed by atoms with Gasteiger partial charge in [-0.2, -0.15) is 5.10 Å². The lowest BCUT2D eigenvalue weighted by molar-refractivity contribution is 0.0600. The number of aromatic nitrogens is 2. The summed E-state index contributed by atoms with van der Waals surface area (Å²) in [5.41, 5.74) is 1.66. The van der Waals surface area contributed by atoms with Crippen molar-refractivity contribution in [1.29, 1.82) is 0 Å². The maximum atomic E-state index is 12.2. The number of hydrogen-bond donors (Lipinski definition) is 0. The molecule has 3 aromatic rings. The maximum absolute atomic E-state index is 12.2. The van der Waals surface area contributed by atoms with Gasteiger partial charge in [0, 0.05) is 12.4 Å². The highest BCUT2D eigenvalue weighted by molar-refractivity contribution is 5.92. The third-order valence-corrected chi connectivity index (χ3v) is 3.36. The Morgan fingerprint density at radius 1 is 0.917 bits per heavy atom. The second kappa shape index (κ2) is 6.78. The van der Waals surface area contributed by atoms with Crippen LogP contribution in [0.3, 0.4) is 0 Å². The van der Waals surface area contributed by atoms with Crippen LogP contribution >= 0.6 is 0 Å². The van der Waals surface area contributed by atoms with Crippen LogP contribution in [0.5, 0.6) is 5.75 Å². The van der Waals surface area contributed by atoms with E-state index in [1.165, 1.54) is 19.2 Å². The molecule has 6 heteroatoms. The summed E-state index contributed by atoms with van der Waals surface area (Å²) in [4.78, 5) is 23.5. The van der Waals surface area contributed by atoms with Gasteiger partial charge in [-0.15, -0.1) is 0 Å². The predicted octanol–water partition coefficient (Wildman–Crippen LogP) is 2.88. The summed E-state index contributed by atoms with van der Waals surface area (Å²) in [5, 5.41) is 4.12. The molecule has 6 nitrogen and oxygen atoms in total. The molecule has 120 valence electrons. The van der Waals surface area contributed by atoms with Crippen LogP contribution in [0.15, 0.2) is 67.0 Å². The largest absolute Gasteiger partial charge is 0.465 e. The van der Waals surface area contributed by atoms with Crippen molar-refractivity contribution >= 4 is 11.9 Å². The first kappa shape index (κ1) is 15.5. The Morgan fingerprint density at radius 2 is 1.54 bits per heavy atom. The van der Waals surface area contributed by atoms with Gasteiger partial charge in [-0.1, -0.05) is 0 Å². The highest BCUT2D eigenvalue weighted by Gasteiger charge is 2.10. The third-order valence-electron chi connectivity index (χ3n) is 3.36. The molecule has 1 heterocycles. The lowest BCUT2D eigenvalue weighted by Crippen LogP contribution is -2.09. The number of methoxy groups -OCH3 is 1. The quantitative estimate of drug-likeness (QED) is 0.545. The van der Waals surface area contributed by atoms with Crippen molar-refractivity contribution in [3.8, 4) is 11.4 Å². The highest BCUT2D eigenvalue weighted by atomic mass is 16.5. The Labute approximate surface area is 138 Å². The molecular formula is C18H14N2O4. The molecule has 0 bridgehead atoms. The van der Waals surface area contributed by atoms with E-state index < -0.39 is 11.9 Å². The Bertz CT molecular complexity index is 838. The molecular weight excluding hydrogens is 308 g/mol. The molecule has 2 aromatic carbocycles. The zero-order chi connectivity index (χ0) is 16.9. The minimum absolute atomic E-state index is 0.351. The molecule has 0 aliphatic carbocycles. The van der Waals surface area contributed by atoms with Crippen molar-refractivity contribution in [1.82, 2.24) is 9.78 Å². The van der Waals surface area contributed by atoms with E-state index in [4.69, 9.17) is 4.74 Å². The second-order valence-corrected chi connectivity index (χ2v) is 4.90. The van der Waals surface area contributed by atoms with Crippen LogP contribution < -0.4 is 4.74 Å². The molecule has 0 saturated carbocycles. The zero-order valence-corrected chi connectivity index (χ0v) is 12.9. The summed E-state index contributed by atoms with van der Waals surface area (Å²) >= 11 is 0. The van der Waals surface area contributed by atoms with E-state index in [-0.39, 0.29) is 0 Å². The molecule has 0 N–H and O–H groups in total. The number of rotatable bonds is 4. The number of benzene rings is 2. The van der Waals surface area contributed by atoms with E-state index in [9.17, 15) is 9.59 Å². The topological polar surface area (TPSA) is 70.4 Å². The standard InChI is InChI=1S/C18H14N2O4/c1-23-17(21)13-5-9-16(10-6-13)24-18(22)14-3-7-15(8-4-14)20-12-2-11-19-20/h2-12H,1H3. The van der Waals surface area contributed by atoms with Gasteiger partial charge >= 0.3 is 11.9 Å². The number of carbonyl (C=O) groups excluding carboxylic acids is 2. The fraction of sp³-hybridized carbons (Fsp3) is 0.0556. The molecule has 0 fully saturated rings. The smallest absolute Gasteiger partial charge is 0.343 e. The Balaban J connectivity index is 1.69. The number of hydrogen-bond acceptors (Lipinski definition) is 5. The fourth-order valence-electron chi connectivity index (χ4n) is 2.11. The second-order valence-electron chi connectivity index (χ2n) is 4.90. The van der Waals surface area contributed by atoms with Crippen LogP contribution in [0.25, 0.3) is 5.69 Å². The van der Waals surface area contributed by atoms with Crippen LogP contribution in [0.4, 0.5) is 0 Å². The lowest BCUT2D eigenvalue weighted by Gasteiger charge is -2.06. The molecule has 0 aliphatic rings. The van der Waals surface area contributed by atoms with Crippen molar-refractivity contribution in [3.05, 3.63) is 78.1 Å². The summed E-state index contributed by atoms with van der Waals surface area (Å²) in [6.07, 6.45) is 3.50. The normalized spacial score (nSPS) is 10.2. The first-order valence-corrected chi connectivity index (χ1v) is 7.18. The Hall–Kier alpha value is -3.41. The van der Waals surface area contributed by atoms with E-state index >= 15 is 0 Å². The average molecular weight is 322 g/mol. The molecule has 0 radical (unpaired) electrons. The lowest BCUT2D eigenvalue weighted by atomic mass is 10.2. The van der Waals surface area contributed by atoms with Crippen molar-refractivity contribution in [2.75, 3.05) is 7.11 Å². The molecule has 1 aromatic heterocycles. The van der Waals surface area contributed by atoms with Crippen LogP contribution in [-0.4, -0.2) is 28.8 Å². The molecule has 0 unspecified atom stereocenters. The van der Waals surface area contributed by atoms with E-state index in [0.29, 0.717) is 16.9 Å². The van der Waals surface area contributed by atoms with Crippen molar-refractivity contribution in [3.63, 3.8) is 0 Å². The van der Waals surface area contributed by atoms with Gasteiger partial charge in [0.1, 0.15) is 5.75 Å². The van der Waals surface area contributed by atoms with Crippen molar-refractivity contribution in [2.24, 2.45) is 0 Å². The van der Waals surface area contributed by atoms with Gasteiger partial charge in [0.05, 0.1) is 23.9 Å². The summed E-state index contributed by atoms with van der Waals surface area (Å²) in [6.45, 7) is 0. The van der Waals surface area contributed by atoms with E-state index in [1.807, 2.05) is 12.3 Å². The molecule has 0 amide bonds. The number of esters is 2. The fourth-order valence-corrected chi connectivity index (χ4v) is 2.11. The maximum Gasteiger partial charge on any atom is 0.343 e. The van der Waals surface area contributed by atoms with Gasteiger partial charge in [-0.25, -0.2) is 14.3 Å². The van der Waals surface area contributed by atoms with Gasteiger partial charge in [0.2, 0.25) is 0 Å². The molecule has 0 aliphatic heterocycles. The SMILES string of the molecule is COC(=O)c1ccc(OC(=O)c2ccc(-n3cccn3)cc2)cc1. The summed E-state index contributed by atoms with van der Waals surface area (Å²) < 4.78 is 11.6. The van der Waals surface area contributed by atoms with Crippen molar-refractivity contribution in [2.45, 2.75) is 0 Å². The van der Waals surface area contributed by atoms with E-state index in [0.717, 1.165) is 5.69 Å².